The van der Waals surface area contributed by atoms with Crippen LogP contribution in [0.3, 0.4) is 0 Å². The molecule has 0 aromatic carbocycles. The van der Waals surface area contributed by atoms with Gasteiger partial charge in [0.25, 0.3) is 0 Å². The van der Waals surface area contributed by atoms with Crippen LogP contribution in [0.1, 0.15) is 219 Å². The second kappa shape index (κ2) is 39.5. The lowest BCUT2D eigenvalue weighted by Gasteiger charge is -2.06. The Hall–Kier alpha value is -1.63. The summed E-state index contributed by atoms with van der Waals surface area (Å²) in [6, 6.07) is -1.06. The van der Waals surface area contributed by atoms with Crippen LogP contribution in [0, 0.1) is 0 Å². The van der Waals surface area contributed by atoms with Crippen LogP contribution in [0.4, 0.5) is 0 Å². The highest BCUT2D eigenvalue weighted by Gasteiger charge is 2.12. The molecule has 0 aromatic heterocycles. The SMILES string of the molecule is CCCCCCCCCCCCCCCCCCCCCCOC(=O)CCCCCCCCCCC.N[C@@H](CCC(=O)O)C(=O)O. The summed E-state index contributed by atoms with van der Waals surface area (Å²) >= 11 is 0. The number of ether oxygens (including phenoxy) is 1. The van der Waals surface area contributed by atoms with E-state index >= 15 is 0 Å². The summed E-state index contributed by atoms with van der Waals surface area (Å²) in [6.45, 7) is 5.20. The van der Waals surface area contributed by atoms with Gasteiger partial charge < -0.3 is 20.7 Å². The molecule has 0 spiro atoms. The number of carbonyl (C=O) groups is 3. The first-order valence-corrected chi connectivity index (χ1v) is 19.7. The van der Waals surface area contributed by atoms with Crippen LogP contribution < -0.4 is 5.73 Å². The minimum Gasteiger partial charge on any atom is -0.481 e. The predicted octanol–water partition coefficient (Wildman–Crippen LogP) is 11.5. The third-order valence-electron chi connectivity index (χ3n) is 8.73. The molecule has 0 aliphatic rings. The summed E-state index contributed by atoms with van der Waals surface area (Å²) < 4.78 is 5.41. The topological polar surface area (TPSA) is 127 Å². The van der Waals surface area contributed by atoms with E-state index in [1.807, 2.05) is 0 Å². The molecule has 7 nitrogen and oxygen atoms in total. The molecule has 0 fully saturated rings. The summed E-state index contributed by atoms with van der Waals surface area (Å²) in [7, 11) is 0. The number of esters is 1. The molecular formula is C39H77NO6. The highest BCUT2D eigenvalue weighted by atomic mass is 16.5. The summed E-state index contributed by atoms with van der Waals surface area (Å²) in [5, 5.41) is 16.3. The Kier molecular flexibility index (Phi) is 40.0. The van der Waals surface area contributed by atoms with Crippen molar-refractivity contribution in [3.8, 4) is 0 Å². The Morgan fingerprint density at radius 3 is 1.09 bits per heavy atom. The normalized spacial score (nSPS) is 11.5. The molecule has 0 radical (unpaired) electrons. The molecule has 0 aliphatic carbocycles. The van der Waals surface area contributed by atoms with Crippen LogP contribution in [0.2, 0.25) is 0 Å². The molecule has 46 heavy (non-hydrogen) atoms. The van der Waals surface area contributed by atoms with Gasteiger partial charge in [-0.05, 0) is 19.3 Å². The number of nitrogens with two attached hydrogens (primary N) is 1. The minimum absolute atomic E-state index is 0.0231. The van der Waals surface area contributed by atoms with Crippen LogP contribution in [0.15, 0.2) is 0 Å². The van der Waals surface area contributed by atoms with Gasteiger partial charge in [0, 0.05) is 12.8 Å². The van der Waals surface area contributed by atoms with Gasteiger partial charge >= 0.3 is 17.9 Å². The molecule has 0 heterocycles. The summed E-state index contributed by atoms with van der Waals surface area (Å²) in [4.78, 5) is 31.7. The largest absolute Gasteiger partial charge is 0.481 e. The Morgan fingerprint density at radius 2 is 0.783 bits per heavy atom. The molecule has 0 aromatic rings. The van der Waals surface area contributed by atoms with Crippen molar-refractivity contribution in [3.05, 3.63) is 0 Å². The number of aliphatic carboxylic acids is 2. The third-order valence-corrected chi connectivity index (χ3v) is 8.73. The number of hydrogen-bond donors (Lipinski definition) is 3. The van der Waals surface area contributed by atoms with Gasteiger partial charge in [-0.2, -0.15) is 0 Å². The fraction of sp³-hybridized carbons (Fsp3) is 0.923. The molecule has 0 saturated carbocycles. The smallest absolute Gasteiger partial charge is 0.320 e. The van der Waals surface area contributed by atoms with Crippen molar-refractivity contribution >= 4 is 17.9 Å². The van der Waals surface area contributed by atoms with Gasteiger partial charge in [-0.1, -0.05) is 187 Å². The van der Waals surface area contributed by atoms with Crippen molar-refractivity contribution < 1.29 is 29.3 Å². The van der Waals surface area contributed by atoms with E-state index in [-0.39, 0.29) is 18.8 Å². The number of carboxylic acid groups (broad SMARTS) is 2. The maximum Gasteiger partial charge on any atom is 0.320 e. The maximum atomic E-state index is 11.8. The van der Waals surface area contributed by atoms with Gasteiger partial charge in [-0.15, -0.1) is 0 Å². The van der Waals surface area contributed by atoms with E-state index in [0.717, 1.165) is 12.8 Å². The summed E-state index contributed by atoms with van der Waals surface area (Å²) in [5.74, 6) is -2.17. The van der Waals surface area contributed by atoms with Gasteiger partial charge in [-0.25, -0.2) is 0 Å². The lowest BCUT2D eigenvalue weighted by molar-refractivity contribution is -0.144. The average Bonchev–Trinajstić information content (AvgIpc) is 3.03. The predicted molar refractivity (Wildman–Crippen MR) is 193 cm³/mol. The van der Waals surface area contributed by atoms with E-state index in [0.29, 0.717) is 13.0 Å². The first-order valence-electron chi connectivity index (χ1n) is 19.7. The molecule has 274 valence electrons. The first-order chi connectivity index (χ1) is 22.3. The monoisotopic (exact) mass is 656 g/mol. The van der Waals surface area contributed by atoms with Crippen molar-refractivity contribution in [1.82, 2.24) is 0 Å². The molecule has 0 rings (SSSR count). The minimum atomic E-state index is -1.17. The molecule has 7 heteroatoms. The second-order valence-corrected chi connectivity index (χ2v) is 13.4. The lowest BCUT2D eigenvalue weighted by Crippen LogP contribution is -2.30. The average molecular weight is 656 g/mol. The van der Waals surface area contributed by atoms with E-state index in [4.69, 9.17) is 20.7 Å². The Labute approximate surface area is 284 Å². The van der Waals surface area contributed by atoms with Crippen LogP contribution in [0.25, 0.3) is 0 Å². The van der Waals surface area contributed by atoms with Crippen molar-refractivity contribution in [1.29, 1.82) is 0 Å². The van der Waals surface area contributed by atoms with Crippen LogP contribution in [-0.4, -0.2) is 40.8 Å². The van der Waals surface area contributed by atoms with Crippen molar-refractivity contribution in [2.24, 2.45) is 5.73 Å². The first kappa shape index (κ1) is 46.5. The standard InChI is InChI=1S/C34H68O2.C5H9NO4/c1-3-5-7-9-11-13-14-15-16-17-18-19-20-21-22-23-25-27-29-31-33-36-34(35)32-30-28-26-24-12-10-8-6-4-2;6-3(5(9)10)1-2-4(7)8/h3-33H2,1-2H3;3H,1-2,6H2,(H,7,8)(H,9,10)/t;3-/m.0/s1. The molecule has 0 saturated heterocycles. The Balaban J connectivity index is 0. The van der Waals surface area contributed by atoms with E-state index in [1.54, 1.807) is 0 Å². The van der Waals surface area contributed by atoms with E-state index < -0.39 is 18.0 Å². The molecule has 0 bridgehead atoms. The van der Waals surface area contributed by atoms with Gasteiger partial charge in [0.1, 0.15) is 6.04 Å². The quantitative estimate of drug-likeness (QED) is 0.0458. The van der Waals surface area contributed by atoms with Crippen molar-refractivity contribution in [3.63, 3.8) is 0 Å². The molecule has 4 N–H and O–H groups in total. The fourth-order valence-corrected chi connectivity index (χ4v) is 5.60. The number of carboxylic acids is 2. The van der Waals surface area contributed by atoms with E-state index in [2.05, 4.69) is 13.8 Å². The van der Waals surface area contributed by atoms with Gasteiger partial charge in [0.2, 0.25) is 0 Å². The third kappa shape index (κ3) is 42.4. The zero-order chi connectivity index (χ0) is 34.4. The number of carbonyl (C=O) groups excluding carboxylic acids is 1. The van der Waals surface area contributed by atoms with Crippen molar-refractivity contribution in [2.45, 2.75) is 225 Å². The molecule has 0 unspecified atom stereocenters. The molecular weight excluding hydrogens is 578 g/mol. The highest BCUT2D eigenvalue weighted by molar-refractivity contribution is 5.74. The number of rotatable bonds is 35. The zero-order valence-corrected chi connectivity index (χ0v) is 30.5. The van der Waals surface area contributed by atoms with Gasteiger partial charge in [-0.3, -0.25) is 14.4 Å². The van der Waals surface area contributed by atoms with Gasteiger partial charge in [0.15, 0.2) is 0 Å². The maximum absolute atomic E-state index is 11.8. The van der Waals surface area contributed by atoms with Crippen LogP contribution in [0.5, 0.6) is 0 Å². The number of hydrogen-bond acceptors (Lipinski definition) is 5. The van der Waals surface area contributed by atoms with Gasteiger partial charge in [0.05, 0.1) is 6.61 Å². The lowest BCUT2D eigenvalue weighted by atomic mass is 10.0. The van der Waals surface area contributed by atoms with Crippen LogP contribution in [-0.2, 0) is 19.1 Å². The second-order valence-electron chi connectivity index (χ2n) is 13.4. The molecule has 0 aliphatic heterocycles. The Bertz CT molecular complexity index is 656. The van der Waals surface area contributed by atoms with E-state index in [1.165, 1.54) is 173 Å². The summed E-state index contributed by atoms with van der Waals surface area (Å²) in [5.41, 5.74) is 5.00. The number of unbranched alkanes of at least 4 members (excludes halogenated alkanes) is 27. The van der Waals surface area contributed by atoms with E-state index in [9.17, 15) is 14.4 Å². The highest BCUT2D eigenvalue weighted by Crippen LogP contribution is 2.15. The van der Waals surface area contributed by atoms with Crippen molar-refractivity contribution in [2.75, 3.05) is 6.61 Å². The zero-order valence-electron chi connectivity index (χ0n) is 30.5. The fourth-order valence-electron chi connectivity index (χ4n) is 5.60. The summed E-state index contributed by atoms with van der Waals surface area (Å²) in [6.07, 6.45) is 40.0. The Morgan fingerprint density at radius 1 is 0.478 bits per heavy atom. The molecule has 0 amide bonds. The molecule has 1 atom stereocenters. The van der Waals surface area contributed by atoms with Crippen LogP contribution >= 0.6 is 0 Å².